The van der Waals surface area contributed by atoms with E-state index in [9.17, 15) is 4.57 Å². The Morgan fingerprint density at radius 2 is 1.55 bits per heavy atom. The van der Waals surface area contributed by atoms with Crippen molar-refractivity contribution in [3.63, 3.8) is 0 Å². The predicted molar refractivity (Wildman–Crippen MR) is 82.3 cm³/mol. The molecule has 0 amide bonds. The Hall–Kier alpha value is 0.110. The Balaban J connectivity index is 2.88. The van der Waals surface area contributed by atoms with Crippen LogP contribution in [-0.4, -0.2) is 31.5 Å². The summed E-state index contributed by atoms with van der Waals surface area (Å²) in [6.07, 6.45) is 6.63. The van der Waals surface area contributed by atoms with Gasteiger partial charge in [0.05, 0.1) is 6.61 Å². The first-order chi connectivity index (χ1) is 9.51. The third-order valence-electron chi connectivity index (χ3n) is 4.00. The Morgan fingerprint density at radius 1 is 1.00 bits per heavy atom. The van der Waals surface area contributed by atoms with Gasteiger partial charge in [0.1, 0.15) is 0 Å². The third kappa shape index (κ3) is 4.56. The van der Waals surface area contributed by atoms with Crippen molar-refractivity contribution in [3.8, 4) is 0 Å². The van der Waals surface area contributed by atoms with Crippen LogP contribution in [0.2, 0.25) is 0 Å². The van der Waals surface area contributed by atoms with E-state index in [1.54, 1.807) is 6.92 Å². The van der Waals surface area contributed by atoms with Gasteiger partial charge in [0, 0.05) is 19.4 Å². The molecule has 0 aliphatic heterocycles. The maximum atomic E-state index is 13.4. The van der Waals surface area contributed by atoms with Gasteiger partial charge >= 0.3 is 0 Å². The number of rotatable bonds is 9. The van der Waals surface area contributed by atoms with Crippen LogP contribution in [0.4, 0.5) is 0 Å². The first-order valence-electron chi connectivity index (χ1n) is 8.03. The van der Waals surface area contributed by atoms with Gasteiger partial charge in [-0.15, -0.1) is 0 Å². The van der Waals surface area contributed by atoms with Gasteiger partial charge in [0.2, 0.25) is 5.53 Å². The van der Waals surface area contributed by atoms with Crippen molar-refractivity contribution in [2.75, 3.05) is 26.0 Å². The molecule has 1 unspecified atom stereocenters. The molecule has 4 nitrogen and oxygen atoms in total. The Morgan fingerprint density at radius 3 is 2.00 bits per heavy atom. The molecular formula is C15H31O4P. The van der Waals surface area contributed by atoms with E-state index in [0.717, 1.165) is 12.8 Å². The van der Waals surface area contributed by atoms with Crippen LogP contribution in [0.15, 0.2) is 0 Å². The van der Waals surface area contributed by atoms with E-state index in [1.165, 1.54) is 19.3 Å². The molecule has 0 N–H and O–H groups in total. The average molecular weight is 306 g/mol. The maximum Gasteiger partial charge on any atom is 0.260 e. The molecule has 0 radical (unpaired) electrons. The molecule has 20 heavy (non-hydrogen) atoms. The van der Waals surface area contributed by atoms with E-state index < -0.39 is 12.9 Å². The van der Waals surface area contributed by atoms with E-state index in [2.05, 4.69) is 0 Å². The Labute approximate surface area is 124 Å². The predicted octanol–water partition coefficient (Wildman–Crippen LogP) is 4.63. The van der Waals surface area contributed by atoms with Crippen molar-refractivity contribution >= 4 is 7.37 Å². The fraction of sp³-hybridized carbons (Fsp3) is 1.00. The maximum absolute atomic E-state index is 13.4. The highest BCUT2D eigenvalue weighted by Crippen LogP contribution is 2.62. The Kier molecular flexibility index (Phi) is 7.74. The van der Waals surface area contributed by atoms with E-state index in [0.29, 0.717) is 31.9 Å². The van der Waals surface area contributed by atoms with Gasteiger partial charge in [-0.1, -0.05) is 19.3 Å². The largest absolute Gasteiger partial charge is 0.342 e. The molecule has 1 atom stereocenters. The minimum atomic E-state index is -2.99. The third-order valence-corrected chi connectivity index (χ3v) is 7.17. The second-order valence-corrected chi connectivity index (χ2v) is 8.32. The van der Waals surface area contributed by atoms with Gasteiger partial charge in [0.15, 0.2) is 0 Å². The van der Waals surface area contributed by atoms with Crippen molar-refractivity contribution < 1.29 is 18.6 Å². The van der Waals surface area contributed by atoms with Gasteiger partial charge in [-0.25, -0.2) is 0 Å². The number of hydrogen-bond donors (Lipinski definition) is 0. The van der Waals surface area contributed by atoms with Crippen molar-refractivity contribution in [3.05, 3.63) is 0 Å². The van der Waals surface area contributed by atoms with Gasteiger partial charge in [-0.05, 0) is 46.5 Å². The molecule has 0 aromatic heterocycles. The summed E-state index contributed by atoms with van der Waals surface area (Å²) in [5.74, 6) is 0.473. The molecule has 120 valence electrons. The lowest BCUT2D eigenvalue weighted by molar-refractivity contribution is -0.168. The van der Waals surface area contributed by atoms with E-state index in [-0.39, 0.29) is 0 Å². The summed E-state index contributed by atoms with van der Waals surface area (Å²) in [5, 5.41) is 0. The SMILES string of the molecule is CCOC(C)(OCC)P(=O)(CC1CCCCC1)OCC. The average Bonchev–Trinajstić information content (AvgIpc) is 2.40. The summed E-state index contributed by atoms with van der Waals surface area (Å²) >= 11 is 0. The zero-order valence-electron chi connectivity index (χ0n) is 13.5. The van der Waals surface area contributed by atoms with Crippen LogP contribution in [0.1, 0.15) is 59.8 Å². The lowest BCUT2D eigenvalue weighted by Gasteiger charge is -2.38. The van der Waals surface area contributed by atoms with Crippen LogP contribution >= 0.6 is 7.37 Å². The standard InChI is InChI=1S/C15H31O4P/c1-5-17-15(4,18-6-2)20(16,19-7-3)13-14-11-9-8-10-12-14/h14H,5-13H2,1-4H3. The first kappa shape index (κ1) is 18.2. The fourth-order valence-electron chi connectivity index (χ4n) is 3.03. The lowest BCUT2D eigenvalue weighted by Crippen LogP contribution is -2.36. The minimum Gasteiger partial charge on any atom is -0.342 e. The zero-order valence-corrected chi connectivity index (χ0v) is 14.4. The summed E-state index contributed by atoms with van der Waals surface area (Å²) in [7, 11) is -2.99. The summed E-state index contributed by atoms with van der Waals surface area (Å²) in [6.45, 7) is 8.82. The molecule has 1 saturated carbocycles. The van der Waals surface area contributed by atoms with Crippen molar-refractivity contribution in [1.82, 2.24) is 0 Å². The highest BCUT2D eigenvalue weighted by molar-refractivity contribution is 7.60. The van der Waals surface area contributed by atoms with Crippen molar-refractivity contribution in [2.45, 2.75) is 65.3 Å². The van der Waals surface area contributed by atoms with Gasteiger partial charge in [-0.3, -0.25) is 4.57 Å². The quantitative estimate of drug-likeness (QED) is 0.460. The molecule has 1 aliphatic carbocycles. The highest BCUT2D eigenvalue weighted by atomic mass is 31.2. The summed E-state index contributed by atoms with van der Waals surface area (Å²) in [4.78, 5) is 0. The summed E-state index contributed by atoms with van der Waals surface area (Å²) in [5.41, 5.74) is -1.11. The van der Waals surface area contributed by atoms with Crippen LogP contribution in [0.3, 0.4) is 0 Å². The molecule has 1 rings (SSSR count). The molecule has 0 spiro atoms. The molecule has 0 aromatic rings. The topological polar surface area (TPSA) is 44.8 Å². The van der Waals surface area contributed by atoms with Crippen molar-refractivity contribution in [1.29, 1.82) is 0 Å². The van der Waals surface area contributed by atoms with Crippen LogP contribution < -0.4 is 0 Å². The second-order valence-electron chi connectivity index (χ2n) is 5.54. The lowest BCUT2D eigenvalue weighted by atomic mass is 9.91. The van der Waals surface area contributed by atoms with E-state index >= 15 is 0 Å². The van der Waals surface area contributed by atoms with Gasteiger partial charge < -0.3 is 14.0 Å². The van der Waals surface area contributed by atoms with E-state index in [4.69, 9.17) is 14.0 Å². The summed E-state index contributed by atoms with van der Waals surface area (Å²) in [6, 6.07) is 0. The first-order valence-corrected chi connectivity index (χ1v) is 9.84. The number of ether oxygens (including phenoxy) is 2. The fourth-order valence-corrected chi connectivity index (χ4v) is 5.81. The smallest absolute Gasteiger partial charge is 0.260 e. The number of hydrogen-bond acceptors (Lipinski definition) is 4. The molecule has 0 heterocycles. The molecule has 0 bridgehead atoms. The molecular weight excluding hydrogens is 275 g/mol. The van der Waals surface area contributed by atoms with Crippen LogP contribution in [0.25, 0.3) is 0 Å². The highest BCUT2D eigenvalue weighted by Gasteiger charge is 2.48. The molecule has 1 aliphatic rings. The van der Waals surface area contributed by atoms with Crippen LogP contribution in [-0.2, 0) is 18.6 Å². The van der Waals surface area contributed by atoms with Crippen molar-refractivity contribution in [2.24, 2.45) is 5.92 Å². The Bertz CT molecular complexity index is 307. The van der Waals surface area contributed by atoms with Crippen LogP contribution in [0, 0.1) is 5.92 Å². The van der Waals surface area contributed by atoms with Gasteiger partial charge in [0.25, 0.3) is 7.37 Å². The second kappa shape index (κ2) is 8.53. The van der Waals surface area contributed by atoms with E-state index in [1.807, 2.05) is 20.8 Å². The normalized spacial score (nSPS) is 20.8. The summed E-state index contributed by atoms with van der Waals surface area (Å²) < 4.78 is 30.6. The van der Waals surface area contributed by atoms with Crippen LogP contribution in [0.5, 0.6) is 0 Å². The molecule has 1 fully saturated rings. The molecule has 5 heteroatoms. The van der Waals surface area contributed by atoms with Gasteiger partial charge in [-0.2, -0.15) is 0 Å². The monoisotopic (exact) mass is 306 g/mol. The zero-order chi connectivity index (χ0) is 15.1. The molecule has 0 aromatic carbocycles. The minimum absolute atomic E-state index is 0.430. The molecule has 0 saturated heterocycles.